The van der Waals surface area contributed by atoms with Crippen LogP contribution in [0, 0.1) is 12.3 Å². The molecule has 0 saturated carbocycles. The first-order valence-electron chi connectivity index (χ1n) is 7.62. The van der Waals surface area contributed by atoms with E-state index in [4.69, 9.17) is 16.3 Å². The SMILES string of the molecule is COc1cc(Cl)c(C)cc1N1CCN(C(=O)C(C)(C)C)CC1. The fraction of sp³-hybridized carbons (Fsp3) is 0.588. The fourth-order valence-corrected chi connectivity index (χ4v) is 2.84. The predicted octanol–water partition coefficient (Wildman–Crippen LogP) is 3.35. The van der Waals surface area contributed by atoms with Crippen molar-refractivity contribution in [3.05, 3.63) is 22.7 Å². The van der Waals surface area contributed by atoms with Gasteiger partial charge >= 0.3 is 0 Å². The summed E-state index contributed by atoms with van der Waals surface area (Å²) in [6, 6.07) is 3.92. The number of carbonyl (C=O) groups excluding carboxylic acids is 1. The number of anilines is 1. The lowest BCUT2D eigenvalue weighted by Gasteiger charge is -2.39. The third-order valence-electron chi connectivity index (χ3n) is 4.01. The number of benzene rings is 1. The molecule has 0 N–H and O–H groups in total. The molecule has 0 bridgehead atoms. The number of hydrogen-bond acceptors (Lipinski definition) is 3. The molecule has 1 aromatic carbocycles. The Bertz CT molecular complexity index is 559. The summed E-state index contributed by atoms with van der Waals surface area (Å²) in [5, 5.41) is 0.710. The Morgan fingerprint density at radius 2 is 1.77 bits per heavy atom. The van der Waals surface area contributed by atoms with Gasteiger partial charge in [-0.05, 0) is 18.6 Å². The van der Waals surface area contributed by atoms with Crippen LogP contribution in [-0.4, -0.2) is 44.1 Å². The van der Waals surface area contributed by atoms with Gasteiger partial charge in [0.15, 0.2) is 0 Å². The quantitative estimate of drug-likeness (QED) is 0.836. The number of carbonyl (C=O) groups is 1. The number of hydrogen-bond donors (Lipinski definition) is 0. The minimum absolute atomic E-state index is 0.214. The van der Waals surface area contributed by atoms with Gasteiger partial charge in [-0.3, -0.25) is 4.79 Å². The van der Waals surface area contributed by atoms with Crippen LogP contribution in [-0.2, 0) is 4.79 Å². The lowest BCUT2D eigenvalue weighted by atomic mass is 9.94. The molecule has 1 saturated heterocycles. The van der Waals surface area contributed by atoms with Crippen LogP contribution in [0.2, 0.25) is 5.02 Å². The largest absolute Gasteiger partial charge is 0.495 e. The number of aryl methyl sites for hydroxylation is 1. The molecule has 1 aliphatic heterocycles. The lowest BCUT2D eigenvalue weighted by Crippen LogP contribution is -2.51. The molecule has 0 radical (unpaired) electrons. The van der Waals surface area contributed by atoms with E-state index in [-0.39, 0.29) is 11.3 Å². The lowest BCUT2D eigenvalue weighted by molar-refractivity contribution is -0.139. The zero-order valence-electron chi connectivity index (χ0n) is 14.1. The highest BCUT2D eigenvalue weighted by atomic mass is 35.5. The van der Waals surface area contributed by atoms with Crippen LogP contribution in [0.15, 0.2) is 12.1 Å². The molecule has 2 rings (SSSR count). The first kappa shape index (κ1) is 16.9. The van der Waals surface area contributed by atoms with E-state index in [0.717, 1.165) is 43.2 Å². The van der Waals surface area contributed by atoms with Gasteiger partial charge in [-0.15, -0.1) is 0 Å². The molecule has 1 heterocycles. The van der Waals surface area contributed by atoms with Crippen molar-refractivity contribution in [2.24, 2.45) is 5.41 Å². The van der Waals surface area contributed by atoms with Crippen molar-refractivity contribution in [2.75, 3.05) is 38.2 Å². The molecule has 0 atom stereocenters. The van der Waals surface area contributed by atoms with Gasteiger partial charge < -0.3 is 14.5 Å². The van der Waals surface area contributed by atoms with Gasteiger partial charge in [-0.1, -0.05) is 32.4 Å². The van der Waals surface area contributed by atoms with Crippen LogP contribution in [0.4, 0.5) is 5.69 Å². The molecule has 122 valence electrons. The number of ether oxygens (including phenoxy) is 1. The standard InChI is InChI=1S/C17H25ClN2O2/c1-12-10-14(15(22-5)11-13(12)18)19-6-8-20(9-7-19)16(21)17(2,3)4/h10-11H,6-9H2,1-5H3. The van der Waals surface area contributed by atoms with Crippen molar-refractivity contribution in [1.29, 1.82) is 0 Å². The van der Waals surface area contributed by atoms with Gasteiger partial charge in [-0.2, -0.15) is 0 Å². The number of rotatable bonds is 2. The van der Waals surface area contributed by atoms with E-state index in [1.165, 1.54) is 0 Å². The molecule has 0 unspecified atom stereocenters. The van der Waals surface area contributed by atoms with Gasteiger partial charge in [0.1, 0.15) is 5.75 Å². The average molecular weight is 325 g/mol. The van der Waals surface area contributed by atoms with E-state index >= 15 is 0 Å². The number of piperazine rings is 1. The van der Waals surface area contributed by atoms with Crippen LogP contribution >= 0.6 is 11.6 Å². The summed E-state index contributed by atoms with van der Waals surface area (Å²) in [4.78, 5) is 16.6. The molecule has 1 fully saturated rings. The van der Waals surface area contributed by atoms with Gasteiger partial charge in [0.25, 0.3) is 0 Å². The van der Waals surface area contributed by atoms with Crippen molar-refractivity contribution in [1.82, 2.24) is 4.90 Å². The third-order valence-corrected chi connectivity index (χ3v) is 4.42. The van der Waals surface area contributed by atoms with Gasteiger partial charge in [0.2, 0.25) is 5.91 Å². The predicted molar refractivity (Wildman–Crippen MR) is 91.0 cm³/mol. The maximum Gasteiger partial charge on any atom is 0.228 e. The summed E-state index contributed by atoms with van der Waals surface area (Å²) in [6.07, 6.45) is 0. The van der Waals surface area contributed by atoms with Crippen molar-refractivity contribution in [2.45, 2.75) is 27.7 Å². The number of amides is 1. The molecule has 0 spiro atoms. The minimum Gasteiger partial charge on any atom is -0.495 e. The van der Waals surface area contributed by atoms with Crippen molar-refractivity contribution < 1.29 is 9.53 Å². The number of nitrogens with zero attached hydrogens (tertiary/aromatic N) is 2. The third kappa shape index (κ3) is 3.49. The maximum absolute atomic E-state index is 12.3. The second kappa shape index (κ2) is 6.37. The Kier molecular flexibility index (Phi) is 4.90. The monoisotopic (exact) mass is 324 g/mol. The number of halogens is 1. The Labute approximate surface area is 138 Å². The normalized spacial score (nSPS) is 15.9. The number of methoxy groups -OCH3 is 1. The van der Waals surface area contributed by atoms with E-state index in [1.807, 2.05) is 38.7 Å². The van der Waals surface area contributed by atoms with Crippen LogP contribution < -0.4 is 9.64 Å². The molecule has 1 aromatic rings. The fourth-order valence-electron chi connectivity index (χ4n) is 2.68. The Hall–Kier alpha value is -1.42. The van der Waals surface area contributed by atoms with Crippen LogP contribution in [0.1, 0.15) is 26.3 Å². The molecule has 1 aliphatic rings. The molecule has 22 heavy (non-hydrogen) atoms. The van der Waals surface area contributed by atoms with E-state index in [0.29, 0.717) is 5.02 Å². The van der Waals surface area contributed by atoms with Crippen molar-refractivity contribution >= 4 is 23.2 Å². The molecular formula is C17H25ClN2O2. The summed E-state index contributed by atoms with van der Waals surface area (Å²) in [7, 11) is 1.66. The van der Waals surface area contributed by atoms with Crippen LogP contribution in [0.25, 0.3) is 0 Å². The first-order valence-corrected chi connectivity index (χ1v) is 8.00. The van der Waals surface area contributed by atoms with E-state index in [2.05, 4.69) is 11.0 Å². The maximum atomic E-state index is 12.3. The topological polar surface area (TPSA) is 32.8 Å². The summed E-state index contributed by atoms with van der Waals surface area (Å²) < 4.78 is 5.46. The Morgan fingerprint density at radius 3 is 2.27 bits per heavy atom. The average Bonchev–Trinajstić information content (AvgIpc) is 2.48. The molecule has 4 nitrogen and oxygen atoms in total. The first-order chi connectivity index (χ1) is 10.2. The van der Waals surface area contributed by atoms with Crippen LogP contribution in [0.3, 0.4) is 0 Å². The molecule has 5 heteroatoms. The van der Waals surface area contributed by atoms with E-state index in [9.17, 15) is 4.79 Å². The highest BCUT2D eigenvalue weighted by molar-refractivity contribution is 6.31. The van der Waals surface area contributed by atoms with Gasteiger partial charge in [0, 0.05) is 42.7 Å². The zero-order chi connectivity index (χ0) is 16.5. The Morgan fingerprint density at radius 1 is 1.18 bits per heavy atom. The summed E-state index contributed by atoms with van der Waals surface area (Å²) in [5.41, 5.74) is 1.76. The smallest absolute Gasteiger partial charge is 0.228 e. The van der Waals surface area contributed by atoms with Gasteiger partial charge in [-0.25, -0.2) is 0 Å². The van der Waals surface area contributed by atoms with E-state index in [1.54, 1.807) is 7.11 Å². The summed E-state index contributed by atoms with van der Waals surface area (Å²) in [6.45, 7) is 11.0. The van der Waals surface area contributed by atoms with Crippen molar-refractivity contribution in [3.8, 4) is 5.75 Å². The second-order valence-corrected chi connectivity index (χ2v) is 7.21. The van der Waals surface area contributed by atoms with Crippen molar-refractivity contribution in [3.63, 3.8) is 0 Å². The Balaban J connectivity index is 2.12. The zero-order valence-corrected chi connectivity index (χ0v) is 14.8. The summed E-state index contributed by atoms with van der Waals surface area (Å²) in [5.74, 6) is 0.998. The molecule has 1 amide bonds. The molecular weight excluding hydrogens is 300 g/mol. The summed E-state index contributed by atoms with van der Waals surface area (Å²) >= 11 is 6.17. The highest BCUT2D eigenvalue weighted by Crippen LogP contribution is 2.34. The molecule has 0 aromatic heterocycles. The molecule has 0 aliphatic carbocycles. The highest BCUT2D eigenvalue weighted by Gasteiger charge is 2.30. The minimum atomic E-state index is -0.323. The van der Waals surface area contributed by atoms with E-state index < -0.39 is 0 Å². The van der Waals surface area contributed by atoms with Gasteiger partial charge in [0.05, 0.1) is 12.8 Å². The van der Waals surface area contributed by atoms with Crippen LogP contribution in [0.5, 0.6) is 5.75 Å². The second-order valence-electron chi connectivity index (χ2n) is 6.80.